The van der Waals surface area contributed by atoms with Gasteiger partial charge in [-0.15, -0.1) is 29.3 Å². The van der Waals surface area contributed by atoms with E-state index >= 15 is 0 Å². The number of para-hydroxylation sites is 1. The monoisotopic (exact) mass is 1010 g/mol. The topological polar surface area (TPSA) is 39.9 Å². The van der Waals surface area contributed by atoms with Crippen LogP contribution in [0.1, 0.15) is 63.8 Å². The van der Waals surface area contributed by atoms with E-state index in [4.69, 9.17) is 14.7 Å². The molecule has 64 heavy (non-hydrogen) atoms. The summed E-state index contributed by atoms with van der Waals surface area (Å²) in [6.07, 6.45) is 1.91. The number of nitrogens with zero attached hydrogens (tertiary/aromatic N) is 3. The van der Waals surface area contributed by atoms with Gasteiger partial charge in [0.2, 0.25) is 0 Å². The van der Waals surface area contributed by atoms with Crippen LogP contribution < -0.4 is 4.74 Å². The summed E-state index contributed by atoms with van der Waals surface area (Å²) in [5, 5.41) is 0. The third-order valence-electron chi connectivity index (χ3n) is 12.0. The van der Waals surface area contributed by atoms with Crippen molar-refractivity contribution >= 4 is 11.0 Å². The van der Waals surface area contributed by atoms with E-state index in [1.165, 1.54) is 22.3 Å². The van der Waals surface area contributed by atoms with E-state index in [0.29, 0.717) is 5.75 Å². The van der Waals surface area contributed by atoms with Crippen LogP contribution in [0.4, 0.5) is 0 Å². The van der Waals surface area contributed by atoms with Crippen LogP contribution in [0.25, 0.3) is 83.9 Å². The Morgan fingerprint density at radius 2 is 1.14 bits per heavy atom. The minimum atomic E-state index is -0.150. The fourth-order valence-electron chi connectivity index (χ4n) is 8.57. The number of fused-ring (bicyclic) bond motifs is 1. The summed E-state index contributed by atoms with van der Waals surface area (Å²) in [6.45, 7) is 17.8. The molecular formula is C59H53N3OPt. The molecule has 0 saturated heterocycles. The van der Waals surface area contributed by atoms with Crippen molar-refractivity contribution in [1.82, 2.24) is 14.5 Å². The Morgan fingerprint density at radius 3 is 1.78 bits per heavy atom. The zero-order valence-electron chi connectivity index (χ0n) is 37.9. The number of imidazole rings is 1. The number of pyridine rings is 1. The number of hydrogen-bond acceptors (Lipinski definition) is 3. The maximum Gasteiger partial charge on any atom is 2.00 e. The predicted molar refractivity (Wildman–Crippen MR) is 263 cm³/mol. The molecule has 0 N–H and O–H groups in total. The summed E-state index contributed by atoms with van der Waals surface area (Å²) < 4.78 is 8.23. The van der Waals surface area contributed by atoms with E-state index < -0.39 is 0 Å². The molecule has 0 spiro atoms. The Morgan fingerprint density at radius 1 is 0.547 bits per heavy atom. The van der Waals surface area contributed by atoms with Crippen molar-refractivity contribution in [2.75, 3.05) is 0 Å². The Kier molecular flexibility index (Phi) is 12.2. The largest absolute Gasteiger partial charge is 2.00 e. The number of aryl methyl sites for hydroxylation is 2. The van der Waals surface area contributed by atoms with E-state index in [1.807, 2.05) is 12.3 Å². The minimum absolute atomic E-state index is 0. The van der Waals surface area contributed by atoms with Crippen LogP contribution in [0, 0.1) is 27.0 Å². The number of rotatable bonds is 8. The molecule has 0 unspecified atom stereocenters. The molecule has 0 amide bonds. The predicted octanol–water partition coefficient (Wildman–Crippen LogP) is 15.6. The van der Waals surface area contributed by atoms with E-state index in [2.05, 4.69) is 225 Å². The van der Waals surface area contributed by atoms with Gasteiger partial charge >= 0.3 is 21.1 Å². The smallest absolute Gasteiger partial charge is 0.665 e. The van der Waals surface area contributed by atoms with Crippen molar-refractivity contribution in [3.05, 3.63) is 199 Å². The van der Waals surface area contributed by atoms with Crippen molar-refractivity contribution in [1.29, 1.82) is 0 Å². The number of hydrogen-bond donors (Lipinski definition) is 0. The number of ether oxygens (including phenoxy) is 1. The Bertz CT molecular complexity index is 3120. The first-order chi connectivity index (χ1) is 30.2. The van der Waals surface area contributed by atoms with Crippen LogP contribution in [0.15, 0.2) is 164 Å². The average molecular weight is 1020 g/mol. The minimum Gasteiger partial charge on any atom is -0.665 e. The first kappa shape index (κ1) is 44.3. The third-order valence-corrected chi connectivity index (χ3v) is 12.0. The van der Waals surface area contributed by atoms with Gasteiger partial charge in [0.05, 0.1) is 22.3 Å². The summed E-state index contributed by atoms with van der Waals surface area (Å²) >= 11 is 0. The molecule has 5 heteroatoms. The quantitative estimate of drug-likeness (QED) is 0.142. The van der Waals surface area contributed by atoms with Gasteiger partial charge in [-0.1, -0.05) is 168 Å². The summed E-state index contributed by atoms with van der Waals surface area (Å²) in [6, 6.07) is 60.2. The van der Waals surface area contributed by atoms with Crippen LogP contribution in [0.3, 0.4) is 0 Å². The molecule has 9 aromatic rings. The molecule has 320 valence electrons. The first-order valence-corrected chi connectivity index (χ1v) is 21.7. The Hall–Kier alpha value is -6.35. The first-order valence-electron chi connectivity index (χ1n) is 21.7. The van der Waals surface area contributed by atoms with Gasteiger partial charge in [0.25, 0.3) is 0 Å². The Labute approximate surface area is 393 Å². The van der Waals surface area contributed by atoms with Crippen molar-refractivity contribution in [2.45, 2.75) is 66.2 Å². The number of aromatic nitrogens is 3. The normalized spacial score (nSPS) is 11.7. The molecule has 0 radical (unpaired) electrons. The molecule has 0 bridgehead atoms. The van der Waals surface area contributed by atoms with Gasteiger partial charge in [-0.05, 0) is 105 Å². The molecule has 0 aliphatic carbocycles. The second kappa shape index (κ2) is 17.7. The van der Waals surface area contributed by atoms with Gasteiger partial charge in [0.1, 0.15) is 5.82 Å². The maximum absolute atomic E-state index is 5.93. The summed E-state index contributed by atoms with van der Waals surface area (Å²) in [5.41, 5.74) is 18.7. The van der Waals surface area contributed by atoms with Crippen LogP contribution in [0.5, 0.6) is 5.75 Å². The van der Waals surface area contributed by atoms with Crippen LogP contribution >= 0.6 is 0 Å². The molecule has 4 nitrogen and oxygen atoms in total. The zero-order chi connectivity index (χ0) is 44.0. The maximum atomic E-state index is 5.93. The molecule has 2 aromatic heterocycles. The molecule has 2 heterocycles. The molecule has 0 fully saturated rings. The van der Waals surface area contributed by atoms with Crippen molar-refractivity contribution < 1.29 is 25.8 Å². The van der Waals surface area contributed by atoms with Gasteiger partial charge in [0, 0.05) is 17.6 Å². The fraction of sp³-hybridized carbons (Fsp3) is 0.169. The van der Waals surface area contributed by atoms with Crippen LogP contribution in [-0.4, -0.2) is 14.5 Å². The zero-order valence-corrected chi connectivity index (χ0v) is 40.1. The Balaban J connectivity index is 0.00000560. The van der Waals surface area contributed by atoms with Crippen molar-refractivity contribution in [3.63, 3.8) is 0 Å². The molecule has 0 aliphatic heterocycles. The molecule has 9 rings (SSSR count). The van der Waals surface area contributed by atoms with Gasteiger partial charge in [-0.2, -0.15) is 7.11 Å². The fourth-order valence-corrected chi connectivity index (χ4v) is 8.57. The summed E-state index contributed by atoms with van der Waals surface area (Å²) in [4.78, 5) is 10.6. The summed E-state index contributed by atoms with van der Waals surface area (Å²) in [7, 11) is 3.92. The second-order valence-corrected chi connectivity index (χ2v) is 18.8. The van der Waals surface area contributed by atoms with Gasteiger partial charge < -0.3 is 4.74 Å². The van der Waals surface area contributed by atoms with Gasteiger partial charge in [-0.25, -0.2) is 4.98 Å². The molecule has 7 aromatic carbocycles. The molecule has 0 atom stereocenters. The average Bonchev–Trinajstić information content (AvgIpc) is 3.69. The second-order valence-electron chi connectivity index (χ2n) is 18.8. The standard InChI is InChI=1S/C59H53N3O.Pt/c1-38-29-39(2)56(63-9)52(30-38)57-61-55-51(21-16-22-54(55)62(57)50-35-45(41-19-14-11-15-20-41)32-49(37-50)59(6,7)8)46-31-47(34-48(33-46)58(3,4)5)53-36-44(27-28-60-53)43-25-23-42(24-26-43)40-17-12-10-13-18-40;/h10-30,32-37H,9H2,1-8H3;/q-2;+2. The van der Waals surface area contributed by atoms with Crippen LogP contribution in [-0.2, 0) is 31.9 Å². The van der Waals surface area contributed by atoms with Crippen molar-refractivity contribution in [3.8, 4) is 78.6 Å². The van der Waals surface area contributed by atoms with Gasteiger partial charge in [-0.3, -0.25) is 9.55 Å². The van der Waals surface area contributed by atoms with Crippen molar-refractivity contribution in [2.24, 2.45) is 0 Å². The summed E-state index contributed by atoms with van der Waals surface area (Å²) in [5.74, 6) is 1.49. The molecular weight excluding hydrogens is 962 g/mol. The van der Waals surface area contributed by atoms with Crippen LogP contribution in [0.2, 0.25) is 0 Å². The SMILES string of the molecule is [CH2-]Oc1c(C)cc(C)cc1-c1nc2c(-c3[c-]c(-c4cc(-c5ccc(-c6ccccc6)cc5)ccn4)cc(C(C)(C)C)c3)cccc2n1-c1cc(-c2ccccc2)cc(C(C)(C)C)c1.[Pt+2]. The number of benzene rings is 7. The van der Waals surface area contributed by atoms with E-state index in [-0.39, 0.29) is 31.9 Å². The third kappa shape index (κ3) is 8.77. The van der Waals surface area contributed by atoms with E-state index in [9.17, 15) is 0 Å². The van der Waals surface area contributed by atoms with E-state index in [1.54, 1.807) is 0 Å². The van der Waals surface area contributed by atoms with E-state index in [0.717, 1.165) is 83.9 Å². The van der Waals surface area contributed by atoms with Gasteiger partial charge in [0.15, 0.2) is 0 Å². The molecule has 0 aliphatic rings. The molecule has 0 saturated carbocycles.